The number of nitrogens with two attached hydrogens (primary N) is 1. The Morgan fingerprint density at radius 3 is 2.39 bits per heavy atom. The molecule has 1 rings (SSSR count). The van der Waals surface area contributed by atoms with Gasteiger partial charge in [0.1, 0.15) is 5.75 Å². The molecule has 102 valence electrons. The highest BCUT2D eigenvalue weighted by Gasteiger charge is 2.00. The highest BCUT2D eigenvalue weighted by atomic mass is 35.5. The smallest absolute Gasteiger partial charge is 0.142 e. The Labute approximate surface area is 114 Å². The molecular weight excluding hydrogens is 250 g/mol. The number of ether oxygens (including phenoxy) is 1. The zero-order chi connectivity index (χ0) is 13.2. The van der Waals surface area contributed by atoms with E-state index in [0.717, 1.165) is 25.7 Å². The first-order valence-electron chi connectivity index (χ1n) is 6.52. The molecule has 0 aromatic heterocycles. The summed E-state index contributed by atoms with van der Waals surface area (Å²) in [5.74, 6) is 0.708. The van der Waals surface area contributed by atoms with Crippen molar-refractivity contribution in [1.82, 2.24) is 0 Å². The van der Waals surface area contributed by atoms with Crippen LogP contribution in [0.5, 0.6) is 5.75 Å². The summed E-state index contributed by atoms with van der Waals surface area (Å²) >= 11 is 5.81. The maximum absolute atomic E-state index is 8.64. The standard InChI is InChI=1S/C14H22ClNO2/c15-12-7-8-14(13(16)11-12)18-10-6-4-2-1-3-5-9-17/h7-8,11,17H,1-6,9-10,16H2. The highest BCUT2D eigenvalue weighted by Crippen LogP contribution is 2.25. The fraction of sp³-hybridized carbons (Fsp3) is 0.571. The van der Waals surface area contributed by atoms with Crippen molar-refractivity contribution < 1.29 is 9.84 Å². The minimum Gasteiger partial charge on any atom is -0.491 e. The lowest BCUT2D eigenvalue weighted by molar-refractivity contribution is 0.280. The lowest BCUT2D eigenvalue weighted by atomic mass is 10.1. The minimum absolute atomic E-state index is 0.305. The van der Waals surface area contributed by atoms with E-state index in [1.54, 1.807) is 18.2 Å². The fourth-order valence-electron chi connectivity index (χ4n) is 1.75. The van der Waals surface area contributed by atoms with Gasteiger partial charge in [0.05, 0.1) is 12.3 Å². The molecule has 3 N–H and O–H groups in total. The van der Waals surface area contributed by atoms with Gasteiger partial charge in [-0.1, -0.05) is 37.3 Å². The number of hydrogen-bond acceptors (Lipinski definition) is 3. The van der Waals surface area contributed by atoms with Gasteiger partial charge < -0.3 is 15.6 Å². The van der Waals surface area contributed by atoms with Crippen LogP contribution in [-0.2, 0) is 0 Å². The average Bonchev–Trinajstić information content (AvgIpc) is 2.35. The van der Waals surface area contributed by atoms with Crippen LogP contribution in [0.4, 0.5) is 5.69 Å². The summed E-state index contributed by atoms with van der Waals surface area (Å²) in [6, 6.07) is 5.28. The largest absolute Gasteiger partial charge is 0.491 e. The Hall–Kier alpha value is -0.930. The van der Waals surface area contributed by atoms with E-state index in [0.29, 0.717) is 29.7 Å². The molecule has 0 heterocycles. The molecule has 0 fully saturated rings. The number of nitrogen functional groups attached to an aromatic ring is 1. The zero-order valence-corrected chi connectivity index (χ0v) is 11.5. The molecular formula is C14H22ClNO2. The van der Waals surface area contributed by atoms with Crippen LogP contribution in [0.2, 0.25) is 5.02 Å². The van der Waals surface area contributed by atoms with Crippen molar-refractivity contribution in [2.24, 2.45) is 0 Å². The molecule has 4 heteroatoms. The van der Waals surface area contributed by atoms with Crippen molar-refractivity contribution in [1.29, 1.82) is 0 Å². The maximum atomic E-state index is 8.64. The number of halogens is 1. The van der Waals surface area contributed by atoms with Crippen LogP contribution in [0.1, 0.15) is 38.5 Å². The van der Waals surface area contributed by atoms with E-state index in [2.05, 4.69) is 0 Å². The molecule has 0 unspecified atom stereocenters. The van der Waals surface area contributed by atoms with Crippen LogP contribution in [0.3, 0.4) is 0 Å². The van der Waals surface area contributed by atoms with Gasteiger partial charge in [0.2, 0.25) is 0 Å². The van der Waals surface area contributed by atoms with Crippen molar-refractivity contribution in [3.8, 4) is 5.75 Å². The van der Waals surface area contributed by atoms with E-state index in [9.17, 15) is 0 Å². The predicted octanol–water partition coefficient (Wildman–Crippen LogP) is 3.63. The molecule has 0 aliphatic heterocycles. The van der Waals surface area contributed by atoms with E-state index in [-0.39, 0.29) is 0 Å². The van der Waals surface area contributed by atoms with Gasteiger partial charge in [-0.15, -0.1) is 0 Å². The number of anilines is 1. The van der Waals surface area contributed by atoms with E-state index >= 15 is 0 Å². The Morgan fingerprint density at radius 1 is 1.06 bits per heavy atom. The van der Waals surface area contributed by atoms with Crippen LogP contribution < -0.4 is 10.5 Å². The third kappa shape index (κ3) is 6.12. The molecule has 0 saturated heterocycles. The second-order valence-electron chi connectivity index (χ2n) is 4.38. The maximum Gasteiger partial charge on any atom is 0.142 e. The van der Waals surface area contributed by atoms with Gasteiger partial charge in [0.15, 0.2) is 0 Å². The van der Waals surface area contributed by atoms with Gasteiger partial charge in [0.25, 0.3) is 0 Å². The molecule has 0 bridgehead atoms. The van der Waals surface area contributed by atoms with Crippen molar-refractivity contribution >= 4 is 17.3 Å². The summed E-state index contributed by atoms with van der Waals surface area (Å²) in [5.41, 5.74) is 6.37. The first-order chi connectivity index (χ1) is 8.74. The van der Waals surface area contributed by atoms with Crippen molar-refractivity contribution in [2.75, 3.05) is 18.9 Å². The van der Waals surface area contributed by atoms with Crippen molar-refractivity contribution in [3.05, 3.63) is 23.2 Å². The van der Waals surface area contributed by atoms with Gasteiger partial charge >= 0.3 is 0 Å². The topological polar surface area (TPSA) is 55.5 Å². The summed E-state index contributed by atoms with van der Waals surface area (Å²) in [4.78, 5) is 0. The van der Waals surface area contributed by atoms with Gasteiger partial charge in [-0.3, -0.25) is 0 Å². The van der Waals surface area contributed by atoms with E-state index in [1.165, 1.54) is 12.8 Å². The quantitative estimate of drug-likeness (QED) is 0.533. The monoisotopic (exact) mass is 271 g/mol. The summed E-state index contributed by atoms with van der Waals surface area (Å²) in [6.45, 7) is 0.991. The van der Waals surface area contributed by atoms with Crippen LogP contribution in [0, 0.1) is 0 Å². The average molecular weight is 272 g/mol. The minimum atomic E-state index is 0.305. The number of benzene rings is 1. The van der Waals surface area contributed by atoms with Gasteiger partial charge in [0, 0.05) is 11.6 Å². The molecule has 18 heavy (non-hydrogen) atoms. The third-order valence-electron chi connectivity index (χ3n) is 2.78. The Kier molecular flexibility index (Phi) is 7.62. The Morgan fingerprint density at radius 2 is 1.72 bits per heavy atom. The van der Waals surface area contributed by atoms with Crippen LogP contribution in [0.25, 0.3) is 0 Å². The molecule has 3 nitrogen and oxygen atoms in total. The summed E-state index contributed by atoms with van der Waals surface area (Å²) in [6.07, 6.45) is 6.59. The molecule has 0 spiro atoms. The molecule has 1 aromatic rings. The van der Waals surface area contributed by atoms with Gasteiger partial charge in [-0.05, 0) is 31.0 Å². The number of hydrogen-bond donors (Lipinski definition) is 2. The second-order valence-corrected chi connectivity index (χ2v) is 4.81. The van der Waals surface area contributed by atoms with E-state index in [4.69, 9.17) is 27.2 Å². The predicted molar refractivity (Wildman–Crippen MR) is 76.1 cm³/mol. The lowest BCUT2D eigenvalue weighted by Gasteiger charge is -2.08. The third-order valence-corrected chi connectivity index (χ3v) is 3.02. The first-order valence-corrected chi connectivity index (χ1v) is 6.90. The van der Waals surface area contributed by atoms with Crippen molar-refractivity contribution in [2.45, 2.75) is 38.5 Å². The van der Waals surface area contributed by atoms with Crippen molar-refractivity contribution in [3.63, 3.8) is 0 Å². The molecule has 1 aromatic carbocycles. The highest BCUT2D eigenvalue weighted by molar-refractivity contribution is 6.30. The molecule has 0 atom stereocenters. The zero-order valence-electron chi connectivity index (χ0n) is 10.7. The molecule has 0 aliphatic rings. The van der Waals surface area contributed by atoms with Crippen LogP contribution >= 0.6 is 11.6 Å². The van der Waals surface area contributed by atoms with Crippen LogP contribution in [0.15, 0.2) is 18.2 Å². The SMILES string of the molecule is Nc1cc(Cl)ccc1OCCCCCCCCO. The molecule has 0 amide bonds. The number of rotatable bonds is 9. The molecule has 0 radical (unpaired) electrons. The summed E-state index contributed by atoms with van der Waals surface area (Å²) < 4.78 is 5.60. The number of unbranched alkanes of at least 4 members (excludes halogenated alkanes) is 5. The summed E-state index contributed by atoms with van der Waals surface area (Å²) in [7, 11) is 0. The second kappa shape index (κ2) is 9.06. The number of aliphatic hydroxyl groups is 1. The Balaban J connectivity index is 2.07. The van der Waals surface area contributed by atoms with Gasteiger partial charge in [-0.25, -0.2) is 0 Å². The van der Waals surface area contributed by atoms with E-state index in [1.807, 2.05) is 0 Å². The normalized spacial score (nSPS) is 10.6. The summed E-state index contributed by atoms with van der Waals surface area (Å²) in [5, 5.41) is 9.27. The molecule has 0 aliphatic carbocycles. The van der Waals surface area contributed by atoms with Crippen LogP contribution in [-0.4, -0.2) is 18.3 Å². The first kappa shape index (κ1) is 15.1. The molecule has 0 saturated carbocycles. The van der Waals surface area contributed by atoms with E-state index < -0.39 is 0 Å². The fourth-order valence-corrected chi connectivity index (χ4v) is 1.93. The lowest BCUT2D eigenvalue weighted by Crippen LogP contribution is -2.00. The Bertz CT molecular complexity index is 345. The number of aliphatic hydroxyl groups excluding tert-OH is 1. The van der Waals surface area contributed by atoms with Gasteiger partial charge in [-0.2, -0.15) is 0 Å².